The van der Waals surface area contributed by atoms with Gasteiger partial charge in [0.1, 0.15) is 0 Å². The molecule has 0 aromatic heterocycles. The summed E-state index contributed by atoms with van der Waals surface area (Å²) in [6.45, 7) is 7.01. The summed E-state index contributed by atoms with van der Waals surface area (Å²) in [6, 6.07) is 2.44. The number of quaternary nitrogens is 1. The highest BCUT2D eigenvalue weighted by Gasteiger charge is 2.29. The first-order chi connectivity index (χ1) is 10.5. The van der Waals surface area contributed by atoms with Crippen molar-refractivity contribution in [2.24, 2.45) is 0 Å². The lowest BCUT2D eigenvalue weighted by Crippen LogP contribution is -3.12. The second-order valence-corrected chi connectivity index (χ2v) is 4.66. The summed E-state index contributed by atoms with van der Waals surface area (Å²) < 4.78 is 4.94. The van der Waals surface area contributed by atoms with Crippen molar-refractivity contribution in [3.8, 4) is 5.75 Å². The van der Waals surface area contributed by atoms with Crippen molar-refractivity contribution >= 4 is 17.1 Å². The molecule has 0 spiro atoms. The number of nitrogens with zero attached hydrogens (tertiary/aromatic N) is 2. The van der Waals surface area contributed by atoms with Gasteiger partial charge in [-0.05, 0) is 19.9 Å². The molecular weight excluding hydrogens is 292 g/mol. The van der Waals surface area contributed by atoms with Crippen LogP contribution in [0.3, 0.4) is 0 Å². The van der Waals surface area contributed by atoms with Gasteiger partial charge in [-0.3, -0.25) is 20.2 Å². The van der Waals surface area contributed by atoms with E-state index in [-0.39, 0.29) is 17.1 Å². The molecule has 22 heavy (non-hydrogen) atoms. The minimum absolute atomic E-state index is 0.00622. The summed E-state index contributed by atoms with van der Waals surface area (Å²) >= 11 is 0. The molecule has 1 aromatic carbocycles. The van der Waals surface area contributed by atoms with Gasteiger partial charge in [0.2, 0.25) is 0 Å². The third-order valence-electron chi connectivity index (χ3n) is 3.50. The third-order valence-corrected chi connectivity index (χ3v) is 3.50. The molecule has 2 N–H and O–H groups in total. The van der Waals surface area contributed by atoms with Gasteiger partial charge in [0.15, 0.2) is 11.4 Å². The fourth-order valence-electron chi connectivity index (χ4n) is 2.20. The molecular formula is C13H21N4O5+. The first-order valence-corrected chi connectivity index (χ1v) is 7.03. The second-order valence-electron chi connectivity index (χ2n) is 4.66. The summed E-state index contributed by atoms with van der Waals surface area (Å²) in [5, 5.41) is 25.2. The Morgan fingerprint density at radius 3 is 2.27 bits per heavy atom. The zero-order valence-corrected chi connectivity index (χ0v) is 12.9. The van der Waals surface area contributed by atoms with Gasteiger partial charge < -0.3 is 15.0 Å². The molecule has 0 atom stereocenters. The molecule has 0 aliphatic rings. The monoisotopic (exact) mass is 313 g/mol. The Labute approximate surface area is 128 Å². The summed E-state index contributed by atoms with van der Waals surface area (Å²) in [4.78, 5) is 22.3. The fourth-order valence-corrected chi connectivity index (χ4v) is 2.20. The number of methoxy groups -OCH3 is 1. The average Bonchev–Trinajstić information content (AvgIpc) is 2.50. The molecule has 0 aliphatic heterocycles. The summed E-state index contributed by atoms with van der Waals surface area (Å²) in [5.41, 5.74) is -0.853. The normalized spacial score (nSPS) is 10.5. The highest BCUT2D eigenvalue weighted by Crippen LogP contribution is 2.41. The van der Waals surface area contributed by atoms with Gasteiger partial charge >= 0.3 is 5.69 Å². The Hall–Kier alpha value is -2.42. The molecule has 9 nitrogen and oxygen atoms in total. The molecule has 0 radical (unpaired) electrons. The average molecular weight is 313 g/mol. The number of benzene rings is 1. The zero-order chi connectivity index (χ0) is 16.7. The van der Waals surface area contributed by atoms with Gasteiger partial charge in [-0.2, -0.15) is 0 Å². The Kier molecular flexibility index (Phi) is 6.51. The molecule has 0 aliphatic carbocycles. The Balaban J connectivity index is 3.12. The smallest absolute Gasteiger partial charge is 0.340 e. The molecule has 0 unspecified atom stereocenters. The SMILES string of the molecule is CC[NH+](CC)CCNc1c([N+](=O)[O-])ccc(OC)c1[N+](=O)[O-]. The van der Waals surface area contributed by atoms with Crippen LogP contribution in [0.5, 0.6) is 5.75 Å². The van der Waals surface area contributed by atoms with Crippen LogP contribution < -0.4 is 15.0 Å². The van der Waals surface area contributed by atoms with Crippen LogP contribution in [0.25, 0.3) is 0 Å². The number of anilines is 1. The molecule has 122 valence electrons. The third kappa shape index (κ3) is 4.04. The molecule has 0 saturated heterocycles. The van der Waals surface area contributed by atoms with Crippen LogP contribution in [0.2, 0.25) is 0 Å². The van der Waals surface area contributed by atoms with E-state index >= 15 is 0 Å². The summed E-state index contributed by atoms with van der Waals surface area (Å²) in [6.07, 6.45) is 0. The van der Waals surface area contributed by atoms with Crippen LogP contribution in [-0.2, 0) is 0 Å². The van der Waals surface area contributed by atoms with Crippen LogP contribution in [-0.4, -0.2) is 43.1 Å². The quantitative estimate of drug-likeness (QED) is 0.516. The van der Waals surface area contributed by atoms with E-state index in [1.165, 1.54) is 24.1 Å². The summed E-state index contributed by atoms with van der Waals surface area (Å²) in [7, 11) is 1.29. The lowest BCUT2D eigenvalue weighted by atomic mass is 10.2. The first-order valence-electron chi connectivity index (χ1n) is 7.03. The largest absolute Gasteiger partial charge is 0.490 e. The second kappa shape index (κ2) is 8.13. The maximum absolute atomic E-state index is 11.2. The number of nitrogens with one attached hydrogen (secondary N) is 2. The van der Waals surface area contributed by atoms with E-state index in [4.69, 9.17) is 4.74 Å². The number of rotatable bonds is 9. The zero-order valence-electron chi connectivity index (χ0n) is 12.9. The molecule has 0 heterocycles. The van der Waals surface area contributed by atoms with E-state index in [1.807, 2.05) is 13.8 Å². The Morgan fingerprint density at radius 1 is 1.18 bits per heavy atom. The van der Waals surface area contributed by atoms with Gasteiger partial charge in [0.25, 0.3) is 5.69 Å². The van der Waals surface area contributed by atoms with Crippen LogP contribution in [0.1, 0.15) is 13.8 Å². The van der Waals surface area contributed by atoms with E-state index < -0.39 is 15.5 Å². The van der Waals surface area contributed by atoms with Gasteiger partial charge in [-0.15, -0.1) is 0 Å². The molecule has 9 heteroatoms. The Morgan fingerprint density at radius 2 is 1.82 bits per heavy atom. The van der Waals surface area contributed by atoms with Crippen LogP contribution in [0.4, 0.5) is 17.1 Å². The maximum atomic E-state index is 11.2. The maximum Gasteiger partial charge on any atom is 0.340 e. The topological polar surface area (TPSA) is 112 Å². The van der Waals surface area contributed by atoms with Gasteiger partial charge in [-0.1, -0.05) is 0 Å². The van der Waals surface area contributed by atoms with E-state index in [9.17, 15) is 20.2 Å². The number of nitro groups is 2. The Bertz CT molecular complexity index is 545. The lowest BCUT2D eigenvalue weighted by Gasteiger charge is -2.16. The predicted octanol–water partition coefficient (Wildman–Crippen LogP) is 0.848. The van der Waals surface area contributed by atoms with Gasteiger partial charge in [-0.25, -0.2) is 0 Å². The van der Waals surface area contributed by atoms with Crippen LogP contribution >= 0.6 is 0 Å². The van der Waals surface area contributed by atoms with Gasteiger partial charge in [0.05, 0.1) is 43.1 Å². The van der Waals surface area contributed by atoms with Crippen LogP contribution in [0, 0.1) is 20.2 Å². The first kappa shape index (κ1) is 17.6. The van der Waals surface area contributed by atoms with Crippen molar-refractivity contribution in [3.63, 3.8) is 0 Å². The van der Waals surface area contributed by atoms with E-state index in [0.717, 1.165) is 13.1 Å². The van der Waals surface area contributed by atoms with E-state index in [2.05, 4.69) is 5.32 Å². The summed E-state index contributed by atoms with van der Waals surface area (Å²) in [5.74, 6) is -0.00622. The van der Waals surface area contributed by atoms with E-state index in [0.29, 0.717) is 13.1 Å². The molecule has 1 aromatic rings. The number of ether oxygens (including phenoxy) is 1. The van der Waals surface area contributed by atoms with E-state index in [1.54, 1.807) is 0 Å². The number of likely N-dealkylation sites (N-methyl/N-ethyl adjacent to an activating group) is 1. The van der Waals surface area contributed by atoms with Crippen molar-refractivity contribution in [2.45, 2.75) is 13.8 Å². The number of hydrogen-bond acceptors (Lipinski definition) is 6. The minimum Gasteiger partial charge on any atom is -0.490 e. The van der Waals surface area contributed by atoms with Crippen molar-refractivity contribution in [3.05, 3.63) is 32.4 Å². The minimum atomic E-state index is -0.668. The van der Waals surface area contributed by atoms with Crippen LogP contribution in [0.15, 0.2) is 12.1 Å². The van der Waals surface area contributed by atoms with Gasteiger partial charge in [0, 0.05) is 6.07 Å². The highest BCUT2D eigenvalue weighted by atomic mass is 16.6. The molecule has 0 amide bonds. The molecule has 1 rings (SSSR count). The number of hydrogen-bond donors (Lipinski definition) is 2. The van der Waals surface area contributed by atoms with Crippen molar-refractivity contribution in [1.29, 1.82) is 0 Å². The lowest BCUT2D eigenvalue weighted by molar-refractivity contribution is -0.894. The predicted molar refractivity (Wildman–Crippen MR) is 81.7 cm³/mol. The van der Waals surface area contributed by atoms with Crippen molar-refractivity contribution in [2.75, 3.05) is 38.6 Å². The van der Waals surface area contributed by atoms with Crippen molar-refractivity contribution < 1.29 is 19.5 Å². The van der Waals surface area contributed by atoms with Crippen molar-refractivity contribution in [1.82, 2.24) is 0 Å². The molecule has 0 fully saturated rings. The molecule has 0 bridgehead atoms. The number of nitro benzene ring substituents is 2. The standard InChI is InChI=1S/C13H20N4O5/c1-4-15(5-2)9-8-14-12-10(16(18)19)6-7-11(22-3)13(12)17(20)21/h6-7,14H,4-5,8-9H2,1-3H3/p+1. The highest BCUT2D eigenvalue weighted by molar-refractivity contribution is 5.78. The molecule has 0 saturated carbocycles. The fraction of sp³-hybridized carbons (Fsp3) is 0.538.